The first kappa shape index (κ1) is 28.2. The van der Waals surface area contributed by atoms with E-state index < -0.39 is 35.9 Å². The number of pyridine rings is 1. The van der Waals surface area contributed by atoms with Crippen LogP contribution >= 0.6 is 0 Å². The van der Waals surface area contributed by atoms with E-state index in [1.54, 1.807) is 54.7 Å². The lowest BCUT2D eigenvalue weighted by molar-refractivity contribution is -0.138. The molecular formula is C31H31N5O4. The highest BCUT2D eigenvalue weighted by atomic mass is 16.3. The van der Waals surface area contributed by atoms with Crippen LogP contribution in [0.1, 0.15) is 35.5 Å². The Morgan fingerprint density at radius 1 is 1.02 bits per heavy atom. The van der Waals surface area contributed by atoms with Crippen LogP contribution in [0.2, 0.25) is 0 Å². The first-order valence-electron chi connectivity index (χ1n) is 13.0. The lowest BCUT2D eigenvalue weighted by Crippen LogP contribution is -2.57. The van der Waals surface area contributed by atoms with Crippen molar-refractivity contribution in [3.8, 4) is 6.07 Å². The van der Waals surface area contributed by atoms with Crippen LogP contribution < -0.4 is 5.32 Å². The fourth-order valence-electron chi connectivity index (χ4n) is 4.69. The molecule has 2 N–H and O–H groups in total. The fraction of sp³-hybridized carbons (Fsp3) is 0.258. The van der Waals surface area contributed by atoms with Crippen LogP contribution in [0.5, 0.6) is 0 Å². The maximum Gasteiger partial charge on any atom is 0.277 e. The molecule has 0 bridgehead atoms. The van der Waals surface area contributed by atoms with Crippen LogP contribution in [-0.4, -0.2) is 62.3 Å². The van der Waals surface area contributed by atoms with E-state index in [0.717, 1.165) is 5.56 Å². The second-order valence-electron chi connectivity index (χ2n) is 9.86. The van der Waals surface area contributed by atoms with Gasteiger partial charge in [0.05, 0.1) is 17.8 Å². The minimum atomic E-state index is -1.44. The van der Waals surface area contributed by atoms with Gasteiger partial charge in [-0.25, -0.2) is 0 Å². The molecule has 40 heavy (non-hydrogen) atoms. The van der Waals surface area contributed by atoms with Crippen LogP contribution in [-0.2, 0) is 16.0 Å². The van der Waals surface area contributed by atoms with Gasteiger partial charge in [-0.3, -0.25) is 29.2 Å². The van der Waals surface area contributed by atoms with Gasteiger partial charge >= 0.3 is 0 Å². The van der Waals surface area contributed by atoms with E-state index >= 15 is 0 Å². The maximum absolute atomic E-state index is 14.0. The summed E-state index contributed by atoms with van der Waals surface area (Å²) >= 11 is 0. The van der Waals surface area contributed by atoms with Crippen LogP contribution in [0.4, 0.5) is 0 Å². The summed E-state index contributed by atoms with van der Waals surface area (Å²) < 4.78 is 0. The van der Waals surface area contributed by atoms with E-state index in [-0.39, 0.29) is 24.6 Å². The van der Waals surface area contributed by atoms with Gasteiger partial charge in [0, 0.05) is 12.4 Å². The van der Waals surface area contributed by atoms with Crippen molar-refractivity contribution < 1.29 is 19.5 Å². The molecule has 1 aliphatic rings. The van der Waals surface area contributed by atoms with Crippen molar-refractivity contribution in [2.45, 2.75) is 38.5 Å². The van der Waals surface area contributed by atoms with E-state index in [0.29, 0.717) is 11.3 Å². The summed E-state index contributed by atoms with van der Waals surface area (Å²) in [6, 6.07) is 23.3. The molecule has 0 saturated carbocycles. The summed E-state index contributed by atoms with van der Waals surface area (Å²) in [7, 11) is 0. The second-order valence-corrected chi connectivity index (χ2v) is 9.86. The lowest BCUT2D eigenvalue weighted by atomic mass is 9.96. The number of aromatic nitrogens is 1. The molecule has 204 valence electrons. The quantitative estimate of drug-likeness (QED) is 0.404. The average Bonchev–Trinajstić information content (AvgIpc) is 2.98. The van der Waals surface area contributed by atoms with Gasteiger partial charge in [-0.2, -0.15) is 5.26 Å². The molecular weight excluding hydrogens is 506 g/mol. The molecule has 0 spiro atoms. The number of carbonyl (C=O) groups is 3. The molecule has 0 fully saturated rings. The summed E-state index contributed by atoms with van der Waals surface area (Å²) in [5.74, 6) is -1.66. The molecule has 2 heterocycles. The Kier molecular flexibility index (Phi) is 9.04. The standard InChI is InChI=1S/C31H31N5O4/c1-21(2)29-31(40)35(20-28(38)34-25(27(37)18-32)17-22-11-5-3-6-12-22)26(23-13-7-4-8-14-23)19-36(29)30(39)24-15-9-10-16-33-24/h3-16,19,21,25,27,29,37H,17,20H2,1-2H3,(H,34,38)/t25-,27?,29+/m0/s1. The molecule has 0 aliphatic carbocycles. The summed E-state index contributed by atoms with van der Waals surface area (Å²) in [6.45, 7) is 3.30. The Hall–Kier alpha value is -4.81. The zero-order valence-corrected chi connectivity index (χ0v) is 22.3. The van der Waals surface area contributed by atoms with Crippen molar-refractivity contribution in [3.05, 3.63) is 108 Å². The number of amides is 3. The smallest absolute Gasteiger partial charge is 0.277 e. The largest absolute Gasteiger partial charge is 0.376 e. The molecule has 9 heteroatoms. The lowest BCUT2D eigenvalue weighted by Gasteiger charge is -2.41. The minimum Gasteiger partial charge on any atom is -0.376 e. The molecule has 4 rings (SSSR count). The minimum absolute atomic E-state index is 0.199. The predicted octanol–water partition coefficient (Wildman–Crippen LogP) is 3.00. The van der Waals surface area contributed by atoms with Crippen LogP contribution in [0.3, 0.4) is 0 Å². The molecule has 1 unspecified atom stereocenters. The molecule has 2 aromatic carbocycles. The van der Waals surface area contributed by atoms with Crippen molar-refractivity contribution in [2.75, 3.05) is 6.54 Å². The number of nitrogens with one attached hydrogen (secondary N) is 1. The molecule has 1 aromatic heterocycles. The Morgan fingerprint density at radius 3 is 2.27 bits per heavy atom. The summed E-state index contributed by atoms with van der Waals surface area (Å²) in [4.78, 5) is 47.7. The number of aliphatic hydroxyl groups excluding tert-OH is 1. The molecule has 3 amide bonds. The van der Waals surface area contributed by atoms with E-state index in [4.69, 9.17) is 0 Å². The number of nitriles is 1. The Labute approximate surface area is 233 Å². The normalized spacial score (nSPS) is 16.6. The summed E-state index contributed by atoms with van der Waals surface area (Å²) in [6.07, 6.45) is 1.90. The van der Waals surface area contributed by atoms with Crippen molar-refractivity contribution >= 4 is 23.4 Å². The Morgan fingerprint density at radius 2 is 1.68 bits per heavy atom. The number of benzene rings is 2. The Bertz CT molecular complexity index is 1400. The van der Waals surface area contributed by atoms with E-state index in [2.05, 4.69) is 10.3 Å². The van der Waals surface area contributed by atoms with Crippen molar-refractivity contribution in [3.63, 3.8) is 0 Å². The van der Waals surface area contributed by atoms with Crippen LogP contribution in [0, 0.1) is 17.2 Å². The van der Waals surface area contributed by atoms with Gasteiger partial charge in [-0.15, -0.1) is 0 Å². The van der Waals surface area contributed by atoms with Gasteiger partial charge in [0.2, 0.25) is 5.91 Å². The zero-order valence-electron chi connectivity index (χ0n) is 22.3. The number of carbonyl (C=O) groups excluding carboxylic acids is 3. The number of hydrogen-bond acceptors (Lipinski definition) is 6. The molecule has 0 radical (unpaired) electrons. The highest BCUT2D eigenvalue weighted by Gasteiger charge is 2.41. The van der Waals surface area contributed by atoms with Gasteiger partial charge in [0.15, 0.2) is 6.10 Å². The molecule has 3 atom stereocenters. The molecule has 0 saturated heterocycles. The number of aliphatic hydroxyl groups is 1. The van der Waals surface area contributed by atoms with Gasteiger partial charge in [-0.05, 0) is 35.6 Å². The fourth-order valence-corrected chi connectivity index (χ4v) is 4.69. The van der Waals surface area contributed by atoms with Gasteiger partial charge in [-0.1, -0.05) is 80.6 Å². The van der Waals surface area contributed by atoms with Crippen molar-refractivity contribution in [1.29, 1.82) is 5.26 Å². The first-order chi connectivity index (χ1) is 19.3. The zero-order chi connectivity index (χ0) is 28.6. The topological polar surface area (TPSA) is 127 Å². The summed E-state index contributed by atoms with van der Waals surface area (Å²) in [5, 5.41) is 22.4. The molecule has 3 aromatic rings. The third-order valence-electron chi connectivity index (χ3n) is 6.65. The van der Waals surface area contributed by atoms with E-state index in [1.165, 1.54) is 16.0 Å². The Balaban J connectivity index is 1.67. The molecule has 9 nitrogen and oxygen atoms in total. The van der Waals surface area contributed by atoms with Gasteiger partial charge in [0.1, 0.15) is 18.3 Å². The maximum atomic E-state index is 14.0. The molecule has 1 aliphatic heterocycles. The van der Waals surface area contributed by atoms with Crippen molar-refractivity contribution in [2.24, 2.45) is 5.92 Å². The van der Waals surface area contributed by atoms with Gasteiger partial charge in [0.25, 0.3) is 11.8 Å². The van der Waals surface area contributed by atoms with Crippen molar-refractivity contribution in [1.82, 2.24) is 20.1 Å². The number of hydrogen-bond donors (Lipinski definition) is 2. The number of rotatable bonds is 9. The second kappa shape index (κ2) is 12.8. The highest BCUT2D eigenvalue weighted by molar-refractivity contribution is 6.03. The monoisotopic (exact) mass is 537 g/mol. The predicted molar refractivity (Wildman–Crippen MR) is 149 cm³/mol. The van der Waals surface area contributed by atoms with E-state index in [9.17, 15) is 24.8 Å². The SMILES string of the molecule is CC(C)[C@@H]1C(=O)N(CC(=O)N[C@@H](Cc2ccccc2)C(O)C#N)C(c2ccccc2)=CN1C(=O)c1ccccn1. The van der Waals surface area contributed by atoms with Crippen LogP contribution in [0.25, 0.3) is 5.70 Å². The number of nitrogens with zero attached hydrogens (tertiary/aromatic N) is 4. The van der Waals surface area contributed by atoms with Gasteiger partial charge < -0.3 is 10.4 Å². The average molecular weight is 538 g/mol. The first-order valence-corrected chi connectivity index (χ1v) is 13.0. The third-order valence-corrected chi connectivity index (χ3v) is 6.65. The third kappa shape index (κ3) is 6.42. The summed E-state index contributed by atoms with van der Waals surface area (Å²) in [5.41, 5.74) is 2.06. The van der Waals surface area contributed by atoms with E-state index in [1.807, 2.05) is 50.2 Å². The van der Waals surface area contributed by atoms with Crippen LogP contribution in [0.15, 0.2) is 91.3 Å². The highest BCUT2D eigenvalue weighted by Crippen LogP contribution is 2.30.